The van der Waals surface area contributed by atoms with Crippen LogP contribution in [-0.4, -0.2) is 11.7 Å². The molecule has 1 aromatic rings. The molecule has 100 valence electrons. The summed E-state index contributed by atoms with van der Waals surface area (Å²) in [6, 6.07) is 6.02. The van der Waals surface area contributed by atoms with Crippen molar-refractivity contribution in [1.29, 1.82) is 0 Å². The Labute approximate surface area is 116 Å². The van der Waals surface area contributed by atoms with E-state index in [0.717, 1.165) is 15.6 Å². The molecule has 2 N–H and O–H groups in total. The van der Waals surface area contributed by atoms with Crippen LogP contribution < -0.4 is 10.9 Å². The first kappa shape index (κ1) is 15.0. The molecule has 0 aliphatic carbocycles. The summed E-state index contributed by atoms with van der Waals surface area (Å²) in [5.41, 5.74) is 7.09. The van der Waals surface area contributed by atoms with Crippen LogP contribution in [0, 0.1) is 6.92 Å². The zero-order valence-electron chi connectivity index (χ0n) is 11.1. The molecule has 1 amide bonds. The van der Waals surface area contributed by atoms with Crippen LogP contribution in [0.5, 0.6) is 0 Å². The van der Waals surface area contributed by atoms with Gasteiger partial charge in [-0.3, -0.25) is 5.43 Å². The first-order chi connectivity index (χ1) is 8.28. The highest BCUT2D eigenvalue weighted by Crippen LogP contribution is 2.16. The summed E-state index contributed by atoms with van der Waals surface area (Å²) in [6.45, 7) is 8.04. The summed E-state index contributed by atoms with van der Waals surface area (Å²) in [5, 5.41) is 0. The molecule has 5 heteroatoms. The summed E-state index contributed by atoms with van der Waals surface area (Å²) >= 11 is 3.44. The summed E-state index contributed by atoms with van der Waals surface area (Å²) in [4.78, 5) is 11.4. The third kappa shape index (κ3) is 5.51. The average Bonchev–Trinajstić information content (AvgIpc) is 2.20. The van der Waals surface area contributed by atoms with Crippen LogP contribution in [0.1, 0.15) is 31.9 Å². The van der Waals surface area contributed by atoms with Gasteiger partial charge in [0.1, 0.15) is 5.60 Å². The van der Waals surface area contributed by atoms with Gasteiger partial charge in [-0.25, -0.2) is 10.2 Å². The molecule has 0 unspecified atom stereocenters. The molecule has 0 bridgehead atoms. The second-order valence-corrected chi connectivity index (χ2v) is 5.92. The molecule has 0 atom stereocenters. The minimum absolute atomic E-state index is 0.476. The SMILES string of the molecule is Cc1cc(CNNC(=O)OC(C)(C)C)ccc1Br. The van der Waals surface area contributed by atoms with Crippen molar-refractivity contribution in [2.45, 2.75) is 39.8 Å². The topological polar surface area (TPSA) is 50.4 Å². The number of carbonyl (C=O) groups is 1. The van der Waals surface area contributed by atoms with E-state index in [0.29, 0.717) is 6.54 Å². The molecular formula is C13H19BrN2O2. The Morgan fingerprint density at radius 2 is 2.06 bits per heavy atom. The van der Waals surface area contributed by atoms with Gasteiger partial charge in [0.05, 0.1) is 0 Å². The quantitative estimate of drug-likeness (QED) is 0.842. The third-order valence-electron chi connectivity index (χ3n) is 2.10. The number of aryl methyl sites for hydroxylation is 1. The second kappa shape index (κ2) is 6.20. The van der Waals surface area contributed by atoms with Gasteiger partial charge >= 0.3 is 6.09 Å². The highest BCUT2D eigenvalue weighted by atomic mass is 79.9. The summed E-state index contributed by atoms with van der Waals surface area (Å²) in [7, 11) is 0. The molecule has 0 heterocycles. The van der Waals surface area contributed by atoms with Crippen molar-refractivity contribution in [3.8, 4) is 0 Å². The van der Waals surface area contributed by atoms with Crippen molar-refractivity contribution in [2.75, 3.05) is 0 Å². The molecule has 0 aromatic heterocycles. The van der Waals surface area contributed by atoms with E-state index in [1.807, 2.05) is 45.9 Å². The van der Waals surface area contributed by atoms with Gasteiger partial charge in [-0.15, -0.1) is 0 Å². The lowest BCUT2D eigenvalue weighted by atomic mass is 10.1. The monoisotopic (exact) mass is 314 g/mol. The number of hydrogen-bond acceptors (Lipinski definition) is 3. The Morgan fingerprint density at radius 3 is 2.61 bits per heavy atom. The van der Waals surface area contributed by atoms with E-state index in [4.69, 9.17) is 4.74 Å². The molecule has 0 saturated heterocycles. The molecule has 0 radical (unpaired) electrons. The standard InChI is InChI=1S/C13H19BrN2O2/c1-9-7-10(5-6-11(9)14)8-15-16-12(17)18-13(2,3)4/h5-7,15H,8H2,1-4H3,(H,16,17). The first-order valence-electron chi connectivity index (χ1n) is 5.75. The predicted octanol–water partition coefficient (Wildman–Crippen LogP) is 3.29. The smallest absolute Gasteiger partial charge is 0.422 e. The predicted molar refractivity (Wildman–Crippen MR) is 75.1 cm³/mol. The molecule has 0 aliphatic heterocycles. The number of nitrogens with one attached hydrogen (secondary N) is 2. The normalized spacial score (nSPS) is 11.2. The maximum absolute atomic E-state index is 11.4. The van der Waals surface area contributed by atoms with E-state index in [9.17, 15) is 4.79 Å². The number of amides is 1. The molecular weight excluding hydrogens is 296 g/mol. The fourth-order valence-corrected chi connectivity index (χ4v) is 1.59. The number of ether oxygens (including phenoxy) is 1. The first-order valence-corrected chi connectivity index (χ1v) is 6.54. The Balaban J connectivity index is 2.38. The van der Waals surface area contributed by atoms with Crippen molar-refractivity contribution in [1.82, 2.24) is 10.9 Å². The van der Waals surface area contributed by atoms with Crippen molar-refractivity contribution < 1.29 is 9.53 Å². The maximum Gasteiger partial charge on any atom is 0.422 e. The van der Waals surface area contributed by atoms with Crippen LogP contribution in [0.25, 0.3) is 0 Å². The Kier molecular flexibility index (Phi) is 5.16. The minimum atomic E-state index is -0.486. The molecule has 0 aliphatic rings. The van der Waals surface area contributed by atoms with Crippen LogP contribution in [-0.2, 0) is 11.3 Å². The molecule has 0 spiro atoms. The van der Waals surface area contributed by atoms with Crippen molar-refractivity contribution >= 4 is 22.0 Å². The summed E-state index contributed by atoms with van der Waals surface area (Å²) in [5.74, 6) is 0. The van der Waals surface area contributed by atoms with E-state index in [1.54, 1.807) is 0 Å². The van der Waals surface area contributed by atoms with Crippen LogP contribution >= 0.6 is 15.9 Å². The Bertz CT molecular complexity index is 427. The van der Waals surface area contributed by atoms with Crippen LogP contribution in [0.15, 0.2) is 22.7 Å². The van der Waals surface area contributed by atoms with Crippen LogP contribution in [0.4, 0.5) is 4.79 Å². The summed E-state index contributed by atoms with van der Waals surface area (Å²) in [6.07, 6.45) is -0.476. The van der Waals surface area contributed by atoms with Crippen molar-refractivity contribution in [3.63, 3.8) is 0 Å². The molecule has 1 rings (SSSR count). The second-order valence-electron chi connectivity index (χ2n) is 5.06. The summed E-state index contributed by atoms with van der Waals surface area (Å²) < 4.78 is 6.17. The van der Waals surface area contributed by atoms with Gasteiger partial charge in [0.2, 0.25) is 0 Å². The van der Waals surface area contributed by atoms with E-state index in [2.05, 4.69) is 26.8 Å². The number of rotatable bonds is 3. The lowest BCUT2D eigenvalue weighted by Gasteiger charge is -2.19. The fourth-order valence-electron chi connectivity index (χ4n) is 1.34. The molecule has 0 saturated carbocycles. The molecule has 1 aromatic carbocycles. The van der Waals surface area contributed by atoms with Gasteiger partial charge in [0.25, 0.3) is 0 Å². The average molecular weight is 315 g/mol. The highest BCUT2D eigenvalue weighted by molar-refractivity contribution is 9.10. The van der Waals surface area contributed by atoms with Crippen LogP contribution in [0.2, 0.25) is 0 Å². The lowest BCUT2D eigenvalue weighted by molar-refractivity contribution is 0.0497. The zero-order valence-corrected chi connectivity index (χ0v) is 12.7. The fraction of sp³-hybridized carbons (Fsp3) is 0.462. The molecule has 18 heavy (non-hydrogen) atoms. The number of benzene rings is 1. The van der Waals surface area contributed by atoms with Gasteiger partial charge in [0, 0.05) is 11.0 Å². The van der Waals surface area contributed by atoms with Gasteiger partial charge in [0.15, 0.2) is 0 Å². The van der Waals surface area contributed by atoms with E-state index < -0.39 is 11.7 Å². The van der Waals surface area contributed by atoms with Gasteiger partial charge < -0.3 is 4.74 Å². The third-order valence-corrected chi connectivity index (χ3v) is 2.99. The van der Waals surface area contributed by atoms with Crippen molar-refractivity contribution in [2.24, 2.45) is 0 Å². The maximum atomic E-state index is 11.4. The number of carbonyl (C=O) groups excluding carboxylic acids is 1. The number of hydrogen-bond donors (Lipinski definition) is 2. The molecule has 0 fully saturated rings. The van der Waals surface area contributed by atoms with E-state index in [1.165, 1.54) is 0 Å². The number of halogens is 1. The van der Waals surface area contributed by atoms with Gasteiger partial charge in [-0.2, -0.15) is 0 Å². The van der Waals surface area contributed by atoms with Gasteiger partial charge in [-0.05, 0) is 44.9 Å². The van der Waals surface area contributed by atoms with E-state index in [-0.39, 0.29) is 0 Å². The number of hydrazine groups is 1. The van der Waals surface area contributed by atoms with E-state index >= 15 is 0 Å². The minimum Gasteiger partial charge on any atom is -0.443 e. The lowest BCUT2D eigenvalue weighted by Crippen LogP contribution is -2.40. The largest absolute Gasteiger partial charge is 0.443 e. The Morgan fingerprint density at radius 1 is 1.39 bits per heavy atom. The Hall–Kier alpha value is -1.07. The van der Waals surface area contributed by atoms with Crippen LogP contribution in [0.3, 0.4) is 0 Å². The molecule has 4 nitrogen and oxygen atoms in total. The highest BCUT2D eigenvalue weighted by Gasteiger charge is 2.15. The van der Waals surface area contributed by atoms with Gasteiger partial charge in [-0.1, -0.05) is 28.1 Å². The van der Waals surface area contributed by atoms with Crippen molar-refractivity contribution in [3.05, 3.63) is 33.8 Å². The zero-order chi connectivity index (χ0) is 13.8.